The van der Waals surface area contributed by atoms with Crippen molar-refractivity contribution in [3.05, 3.63) is 59.9 Å². The molecule has 20 heavy (non-hydrogen) atoms. The Morgan fingerprint density at radius 2 is 1.90 bits per heavy atom. The molecule has 0 aliphatic heterocycles. The number of hydrogen-bond acceptors (Lipinski definition) is 4. The summed E-state index contributed by atoms with van der Waals surface area (Å²) < 4.78 is 5.22. The number of aromatic nitrogens is 1. The van der Waals surface area contributed by atoms with Gasteiger partial charge in [-0.25, -0.2) is 0 Å². The largest absolute Gasteiger partial charge is 0.479 e. The molecule has 0 amide bonds. The van der Waals surface area contributed by atoms with Gasteiger partial charge in [0.05, 0.1) is 0 Å². The Morgan fingerprint density at radius 3 is 2.55 bits per heavy atom. The quantitative estimate of drug-likeness (QED) is 0.874. The fraction of sp³-hybridized carbons (Fsp3) is 0.250. The van der Waals surface area contributed by atoms with Crippen LogP contribution in [0.3, 0.4) is 0 Å². The fourth-order valence-corrected chi connectivity index (χ4v) is 1.86. The van der Waals surface area contributed by atoms with Crippen LogP contribution >= 0.6 is 0 Å². The van der Waals surface area contributed by atoms with E-state index in [-0.39, 0.29) is 12.6 Å². The summed E-state index contributed by atoms with van der Waals surface area (Å²) in [7, 11) is 0. The summed E-state index contributed by atoms with van der Waals surface area (Å²) in [4.78, 5) is 4.02. The Morgan fingerprint density at radius 1 is 1.20 bits per heavy atom. The Balaban J connectivity index is 1.86. The zero-order valence-corrected chi connectivity index (χ0v) is 11.4. The van der Waals surface area contributed by atoms with Crippen molar-refractivity contribution in [2.45, 2.75) is 19.5 Å². The van der Waals surface area contributed by atoms with Crippen molar-refractivity contribution in [1.29, 1.82) is 5.26 Å². The van der Waals surface area contributed by atoms with Crippen molar-refractivity contribution in [1.82, 2.24) is 10.3 Å². The third kappa shape index (κ3) is 4.08. The summed E-state index contributed by atoms with van der Waals surface area (Å²) in [5.41, 5.74) is 2.39. The SMILES string of the molecule is CC(NCc1ccc(OCC#N)cc1)c1ccncc1. The van der Waals surface area contributed by atoms with Crippen molar-refractivity contribution in [2.75, 3.05) is 6.61 Å². The van der Waals surface area contributed by atoms with E-state index in [4.69, 9.17) is 10.00 Å². The smallest absolute Gasteiger partial charge is 0.174 e. The number of hydrogen-bond donors (Lipinski definition) is 1. The molecular weight excluding hydrogens is 250 g/mol. The van der Waals surface area contributed by atoms with E-state index >= 15 is 0 Å². The van der Waals surface area contributed by atoms with Crippen LogP contribution in [0.2, 0.25) is 0 Å². The maximum atomic E-state index is 8.45. The Kier molecular flexibility index (Phi) is 5.10. The van der Waals surface area contributed by atoms with Crippen molar-refractivity contribution in [2.24, 2.45) is 0 Å². The lowest BCUT2D eigenvalue weighted by atomic mass is 10.1. The first-order valence-electron chi connectivity index (χ1n) is 6.51. The molecule has 0 saturated carbocycles. The molecule has 4 heteroatoms. The number of benzene rings is 1. The molecule has 0 fully saturated rings. The topological polar surface area (TPSA) is 57.9 Å². The van der Waals surface area contributed by atoms with Gasteiger partial charge in [-0.05, 0) is 42.3 Å². The Bertz CT molecular complexity index is 561. The van der Waals surface area contributed by atoms with Gasteiger partial charge in [0.1, 0.15) is 11.8 Å². The van der Waals surface area contributed by atoms with Gasteiger partial charge in [-0.2, -0.15) is 5.26 Å². The van der Waals surface area contributed by atoms with E-state index in [1.54, 1.807) is 12.4 Å². The van der Waals surface area contributed by atoms with Crippen LogP contribution in [0.4, 0.5) is 0 Å². The molecule has 1 atom stereocenters. The monoisotopic (exact) mass is 267 g/mol. The first-order chi connectivity index (χ1) is 9.79. The van der Waals surface area contributed by atoms with Crippen LogP contribution in [0, 0.1) is 11.3 Å². The molecule has 1 heterocycles. The third-order valence-electron chi connectivity index (χ3n) is 3.05. The molecule has 1 unspecified atom stereocenters. The van der Waals surface area contributed by atoms with E-state index < -0.39 is 0 Å². The van der Waals surface area contributed by atoms with E-state index in [1.165, 1.54) is 11.1 Å². The van der Waals surface area contributed by atoms with E-state index in [1.807, 2.05) is 42.5 Å². The van der Waals surface area contributed by atoms with E-state index in [9.17, 15) is 0 Å². The molecular formula is C16H17N3O. The van der Waals surface area contributed by atoms with E-state index in [2.05, 4.69) is 17.2 Å². The van der Waals surface area contributed by atoms with Crippen LogP contribution in [0.1, 0.15) is 24.1 Å². The number of nitriles is 1. The lowest BCUT2D eigenvalue weighted by molar-refractivity contribution is 0.368. The highest BCUT2D eigenvalue weighted by Gasteiger charge is 2.04. The highest BCUT2D eigenvalue weighted by molar-refractivity contribution is 5.27. The lowest BCUT2D eigenvalue weighted by Crippen LogP contribution is -2.18. The average Bonchev–Trinajstić information content (AvgIpc) is 2.52. The zero-order valence-electron chi connectivity index (χ0n) is 11.4. The van der Waals surface area contributed by atoms with Gasteiger partial charge >= 0.3 is 0 Å². The van der Waals surface area contributed by atoms with Gasteiger partial charge in [-0.1, -0.05) is 12.1 Å². The Labute approximate surface area is 119 Å². The lowest BCUT2D eigenvalue weighted by Gasteiger charge is -2.14. The molecule has 1 aromatic carbocycles. The van der Waals surface area contributed by atoms with Gasteiger partial charge in [0, 0.05) is 25.0 Å². The second-order valence-corrected chi connectivity index (χ2v) is 4.47. The molecule has 0 bridgehead atoms. The molecule has 4 nitrogen and oxygen atoms in total. The van der Waals surface area contributed by atoms with Gasteiger partial charge in [-0.15, -0.1) is 0 Å². The number of pyridine rings is 1. The van der Waals surface area contributed by atoms with Crippen LogP contribution in [0.15, 0.2) is 48.8 Å². The van der Waals surface area contributed by atoms with Gasteiger partial charge in [-0.3, -0.25) is 4.98 Å². The number of nitrogens with one attached hydrogen (secondary N) is 1. The predicted molar refractivity (Wildman–Crippen MR) is 77.0 cm³/mol. The second-order valence-electron chi connectivity index (χ2n) is 4.47. The van der Waals surface area contributed by atoms with Crippen molar-refractivity contribution in [3.63, 3.8) is 0 Å². The average molecular weight is 267 g/mol. The molecule has 0 radical (unpaired) electrons. The summed E-state index contributed by atoms with van der Waals surface area (Å²) in [6, 6.07) is 14.0. The summed E-state index contributed by atoms with van der Waals surface area (Å²) >= 11 is 0. The summed E-state index contributed by atoms with van der Waals surface area (Å²) in [6.45, 7) is 2.98. The van der Waals surface area contributed by atoms with Crippen LogP contribution in [-0.4, -0.2) is 11.6 Å². The first-order valence-corrected chi connectivity index (χ1v) is 6.51. The maximum absolute atomic E-state index is 8.45. The minimum atomic E-state index is 0.0800. The van der Waals surface area contributed by atoms with Gasteiger partial charge in [0.25, 0.3) is 0 Å². The first kappa shape index (κ1) is 14.0. The normalized spacial score (nSPS) is 11.6. The molecule has 2 rings (SSSR count). The van der Waals surface area contributed by atoms with E-state index in [0.29, 0.717) is 0 Å². The Hall–Kier alpha value is -2.38. The molecule has 0 saturated heterocycles. The molecule has 1 aromatic heterocycles. The van der Waals surface area contributed by atoms with Crippen LogP contribution < -0.4 is 10.1 Å². The van der Waals surface area contributed by atoms with Crippen LogP contribution in [-0.2, 0) is 6.54 Å². The van der Waals surface area contributed by atoms with Crippen molar-refractivity contribution >= 4 is 0 Å². The maximum Gasteiger partial charge on any atom is 0.174 e. The number of nitrogens with zero attached hydrogens (tertiary/aromatic N) is 2. The standard InChI is InChI=1S/C16H17N3O/c1-13(15-6-9-18-10-7-15)19-12-14-2-4-16(5-3-14)20-11-8-17/h2-7,9-10,13,19H,11-12H2,1H3. The molecule has 0 spiro atoms. The van der Waals surface area contributed by atoms with Crippen LogP contribution in [0.5, 0.6) is 5.75 Å². The fourth-order valence-electron chi connectivity index (χ4n) is 1.86. The van der Waals surface area contributed by atoms with Crippen molar-refractivity contribution < 1.29 is 4.74 Å². The molecule has 0 aliphatic rings. The van der Waals surface area contributed by atoms with Crippen molar-refractivity contribution in [3.8, 4) is 11.8 Å². The van der Waals surface area contributed by atoms with Crippen LogP contribution in [0.25, 0.3) is 0 Å². The highest BCUT2D eigenvalue weighted by atomic mass is 16.5. The zero-order chi connectivity index (χ0) is 14.2. The molecule has 0 aliphatic carbocycles. The van der Waals surface area contributed by atoms with Gasteiger partial charge in [0.2, 0.25) is 0 Å². The summed E-state index contributed by atoms with van der Waals surface area (Å²) in [5.74, 6) is 0.720. The van der Waals surface area contributed by atoms with Gasteiger partial charge in [0.15, 0.2) is 6.61 Å². The highest BCUT2D eigenvalue weighted by Crippen LogP contribution is 2.14. The third-order valence-corrected chi connectivity index (χ3v) is 3.05. The number of ether oxygens (including phenoxy) is 1. The minimum Gasteiger partial charge on any atom is -0.479 e. The van der Waals surface area contributed by atoms with E-state index in [0.717, 1.165) is 12.3 Å². The summed E-state index contributed by atoms with van der Waals surface area (Å²) in [5, 5.41) is 11.9. The molecule has 1 N–H and O–H groups in total. The van der Waals surface area contributed by atoms with Gasteiger partial charge < -0.3 is 10.1 Å². The second kappa shape index (κ2) is 7.27. The number of rotatable bonds is 6. The molecule has 102 valence electrons. The summed E-state index contributed by atoms with van der Waals surface area (Å²) in [6.07, 6.45) is 3.60. The predicted octanol–water partition coefficient (Wildman–Crippen LogP) is 2.83. The minimum absolute atomic E-state index is 0.0800. The molecule has 2 aromatic rings.